The Morgan fingerprint density at radius 1 is 1.24 bits per heavy atom. The Hall–Kier alpha value is -1.92. The molecule has 2 rings (SSSR count). The summed E-state index contributed by atoms with van der Waals surface area (Å²) in [5.74, 6) is 2.56. The minimum atomic E-state index is 0.409. The van der Waals surface area contributed by atoms with E-state index in [1.165, 1.54) is 0 Å². The van der Waals surface area contributed by atoms with Crippen molar-refractivity contribution in [3.05, 3.63) is 41.5 Å². The Morgan fingerprint density at radius 3 is 2.76 bits per heavy atom. The lowest BCUT2D eigenvalue weighted by atomic mass is 10.2. The average molecular weight is 290 g/mol. The molecule has 0 aliphatic carbocycles. The number of aryl methyl sites for hydroxylation is 1. The molecule has 0 bridgehead atoms. The molecule has 0 atom stereocenters. The van der Waals surface area contributed by atoms with E-state index in [9.17, 15) is 0 Å². The number of aromatic nitrogens is 3. The molecule has 0 aliphatic rings. The SMILES string of the molecule is COCCNCc1ccccc1OCc1nnc(C)n1C. The molecule has 1 aromatic heterocycles. The van der Waals surface area contributed by atoms with Crippen molar-refractivity contribution in [2.45, 2.75) is 20.1 Å². The number of hydrogen-bond acceptors (Lipinski definition) is 5. The van der Waals surface area contributed by atoms with Crippen LogP contribution in [0.5, 0.6) is 5.75 Å². The number of ether oxygens (including phenoxy) is 2. The van der Waals surface area contributed by atoms with Gasteiger partial charge in [0, 0.05) is 32.8 Å². The Morgan fingerprint density at radius 2 is 2.05 bits per heavy atom. The summed E-state index contributed by atoms with van der Waals surface area (Å²) in [5.41, 5.74) is 1.12. The molecule has 2 aromatic rings. The minimum absolute atomic E-state index is 0.409. The fourth-order valence-electron chi connectivity index (χ4n) is 1.91. The van der Waals surface area contributed by atoms with Crippen LogP contribution in [0.25, 0.3) is 0 Å². The molecule has 6 nitrogen and oxygen atoms in total. The molecule has 0 fully saturated rings. The largest absolute Gasteiger partial charge is 0.485 e. The lowest BCUT2D eigenvalue weighted by Crippen LogP contribution is -2.19. The highest BCUT2D eigenvalue weighted by Crippen LogP contribution is 2.18. The summed E-state index contributed by atoms with van der Waals surface area (Å²) in [6.07, 6.45) is 0. The summed E-state index contributed by atoms with van der Waals surface area (Å²) in [5, 5.41) is 11.4. The highest BCUT2D eigenvalue weighted by Gasteiger charge is 2.07. The number of hydrogen-bond donors (Lipinski definition) is 1. The fourth-order valence-corrected chi connectivity index (χ4v) is 1.91. The normalized spacial score (nSPS) is 10.8. The number of para-hydroxylation sites is 1. The van der Waals surface area contributed by atoms with Crippen LogP contribution in [0.2, 0.25) is 0 Å². The van der Waals surface area contributed by atoms with E-state index in [4.69, 9.17) is 9.47 Å². The van der Waals surface area contributed by atoms with Gasteiger partial charge in [0.15, 0.2) is 5.82 Å². The van der Waals surface area contributed by atoms with Gasteiger partial charge >= 0.3 is 0 Å². The number of nitrogens with zero attached hydrogens (tertiary/aromatic N) is 3. The van der Waals surface area contributed by atoms with Crippen LogP contribution in [-0.2, 0) is 24.9 Å². The highest BCUT2D eigenvalue weighted by molar-refractivity contribution is 5.33. The number of methoxy groups -OCH3 is 1. The molecule has 0 unspecified atom stereocenters. The smallest absolute Gasteiger partial charge is 0.170 e. The Bertz CT molecular complexity index is 569. The van der Waals surface area contributed by atoms with Gasteiger partial charge in [-0.3, -0.25) is 0 Å². The zero-order valence-corrected chi connectivity index (χ0v) is 12.8. The van der Waals surface area contributed by atoms with Crippen LogP contribution < -0.4 is 10.1 Å². The maximum atomic E-state index is 5.88. The number of rotatable bonds is 8. The first-order chi connectivity index (χ1) is 10.2. The van der Waals surface area contributed by atoms with Crippen LogP contribution >= 0.6 is 0 Å². The standard InChI is InChI=1S/C15H22N4O2/c1-12-17-18-15(19(12)2)11-21-14-7-5-4-6-13(14)10-16-8-9-20-3/h4-7,16H,8-11H2,1-3H3. The van der Waals surface area contributed by atoms with Crippen LogP contribution in [0.1, 0.15) is 17.2 Å². The molecule has 21 heavy (non-hydrogen) atoms. The van der Waals surface area contributed by atoms with Crippen molar-refractivity contribution >= 4 is 0 Å². The van der Waals surface area contributed by atoms with Gasteiger partial charge in [-0.05, 0) is 13.0 Å². The van der Waals surface area contributed by atoms with Crippen molar-refractivity contribution in [3.8, 4) is 5.75 Å². The van der Waals surface area contributed by atoms with Crippen molar-refractivity contribution < 1.29 is 9.47 Å². The second kappa shape index (κ2) is 7.75. The van der Waals surface area contributed by atoms with E-state index in [-0.39, 0.29) is 0 Å². The first-order valence-electron chi connectivity index (χ1n) is 6.97. The van der Waals surface area contributed by atoms with Crippen molar-refractivity contribution in [2.75, 3.05) is 20.3 Å². The zero-order valence-electron chi connectivity index (χ0n) is 12.8. The van der Waals surface area contributed by atoms with Gasteiger partial charge in [0.05, 0.1) is 6.61 Å². The van der Waals surface area contributed by atoms with Crippen LogP contribution in [0, 0.1) is 6.92 Å². The molecule has 114 valence electrons. The van der Waals surface area contributed by atoms with E-state index in [0.717, 1.165) is 36.1 Å². The van der Waals surface area contributed by atoms with Gasteiger partial charge in [0.2, 0.25) is 0 Å². The lowest BCUT2D eigenvalue weighted by Gasteiger charge is -2.12. The van der Waals surface area contributed by atoms with Crippen molar-refractivity contribution in [2.24, 2.45) is 7.05 Å². The van der Waals surface area contributed by atoms with Gasteiger partial charge in [-0.15, -0.1) is 10.2 Å². The third-order valence-electron chi connectivity index (χ3n) is 3.31. The van der Waals surface area contributed by atoms with Gasteiger partial charge in [-0.2, -0.15) is 0 Å². The second-order valence-electron chi connectivity index (χ2n) is 4.79. The molecule has 0 spiro atoms. The Kier molecular flexibility index (Phi) is 5.71. The van der Waals surface area contributed by atoms with Crippen LogP contribution in [0.3, 0.4) is 0 Å². The predicted molar refractivity (Wildman–Crippen MR) is 80.1 cm³/mol. The van der Waals surface area contributed by atoms with Crippen molar-refractivity contribution in [3.63, 3.8) is 0 Å². The van der Waals surface area contributed by atoms with E-state index in [1.807, 2.05) is 36.7 Å². The van der Waals surface area contributed by atoms with Crippen LogP contribution in [-0.4, -0.2) is 35.0 Å². The third kappa shape index (κ3) is 4.27. The van der Waals surface area contributed by atoms with E-state index >= 15 is 0 Å². The first-order valence-corrected chi connectivity index (χ1v) is 6.97. The average Bonchev–Trinajstić information content (AvgIpc) is 2.82. The molecule has 0 aliphatic heterocycles. The molecule has 1 N–H and O–H groups in total. The van der Waals surface area contributed by atoms with E-state index in [2.05, 4.69) is 21.6 Å². The Labute approximate surface area is 125 Å². The highest BCUT2D eigenvalue weighted by atomic mass is 16.5. The molecular weight excluding hydrogens is 268 g/mol. The van der Waals surface area contributed by atoms with Gasteiger partial charge in [-0.1, -0.05) is 18.2 Å². The summed E-state index contributed by atoms with van der Waals surface area (Å²) in [7, 11) is 3.63. The maximum Gasteiger partial charge on any atom is 0.170 e. The molecular formula is C15H22N4O2. The van der Waals surface area contributed by atoms with Crippen LogP contribution in [0.15, 0.2) is 24.3 Å². The molecule has 1 heterocycles. The van der Waals surface area contributed by atoms with E-state index in [1.54, 1.807) is 7.11 Å². The van der Waals surface area contributed by atoms with E-state index < -0.39 is 0 Å². The van der Waals surface area contributed by atoms with E-state index in [0.29, 0.717) is 13.2 Å². The maximum absolute atomic E-state index is 5.88. The van der Waals surface area contributed by atoms with Gasteiger partial charge in [-0.25, -0.2) is 0 Å². The topological polar surface area (TPSA) is 61.2 Å². The molecule has 0 saturated heterocycles. The quantitative estimate of drug-likeness (QED) is 0.745. The molecule has 0 amide bonds. The zero-order chi connectivity index (χ0) is 15.1. The third-order valence-corrected chi connectivity index (χ3v) is 3.31. The van der Waals surface area contributed by atoms with Gasteiger partial charge < -0.3 is 19.4 Å². The first kappa shape index (κ1) is 15.5. The van der Waals surface area contributed by atoms with Crippen molar-refractivity contribution in [1.82, 2.24) is 20.1 Å². The lowest BCUT2D eigenvalue weighted by molar-refractivity contribution is 0.199. The van der Waals surface area contributed by atoms with Gasteiger partial charge in [0.1, 0.15) is 18.2 Å². The summed E-state index contributed by atoms with van der Waals surface area (Å²) < 4.78 is 12.8. The van der Waals surface area contributed by atoms with Crippen LogP contribution in [0.4, 0.5) is 0 Å². The summed E-state index contributed by atoms with van der Waals surface area (Å²) in [6.45, 7) is 4.59. The summed E-state index contributed by atoms with van der Waals surface area (Å²) in [4.78, 5) is 0. The molecule has 1 aromatic carbocycles. The summed E-state index contributed by atoms with van der Waals surface area (Å²) in [6, 6.07) is 8.00. The molecule has 0 radical (unpaired) electrons. The Balaban J connectivity index is 1.94. The number of nitrogens with one attached hydrogen (secondary N) is 1. The molecule has 6 heteroatoms. The van der Waals surface area contributed by atoms with Gasteiger partial charge in [0.25, 0.3) is 0 Å². The monoisotopic (exact) mass is 290 g/mol. The predicted octanol–water partition coefficient (Wildman–Crippen LogP) is 1.44. The fraction of sp³-hybridized carbons (Fsp3) is 0.467. The minimum Gasteiger partial charge on any atom is -0.485 e. The second-order valence-corrected chi connectivity index (χ2v) is 4.79. The summed E-state index contributed by atoms with van der Waals surface area (Å²) >= 11 is 0. The number of benzene rings is 1. The van der Waals surface area contributed by atoms with Crippen molar-refractivity contribution in [1.29, 1.82) is 0 Å². The molecule has 0 saturated carbocycles.